The van der Waals surface area contributed by atoms with Gasteiger partial charge in [-0.3, -0.25) is 0 Å². The molecule has 11 heteroatoms. The van der Waals surface area contributed by atoms with Gasteiger partial charge in [0.2, 0.25) is 5.95 Å². The normalized spacial score (nSPS) is 12.0. The van der Waals surface area contributed by atoms with Gasteiger partial charge in [0, 0.05) is 58.8 Å². The van der Waals surface area contributed by atoms with Crippen molar-refractivity contribution in [2.45, 2.75) is 52.4 Å². The second-order valence-electron chi connectivity index (χ2n) is 18.9. The van der Waals surface area contributed by atoms with E-state index in [2.05, 4.69) is 133 Å². The number of rotatable bonds is 7. The first kappa shape index (κ1) is 45.8. The molecule has 0 N–H and O–H groups in total. The Bertz CT molecular complexity index is 3650. The summed E-state index contributed by atoms with van der Waals surface area (Å²) >= 11 is 0. The maximum Gasteiger partial charge on any atom is 2.00 e. The predicted octanol–water partition coefficient (Wildman–Crippen LogP) is 13.9. The first-order chi connectivity index (χ1) is 32.5. The Morgan fingerprint density at radius 3 is 1.09 bits per heavy atom. The van der Waals surface area contributed by atoms with Crippen LogP contribution in [0.5, 0.6) is 23.0 Å². The summed E-state index contributed by atoms with van der Waals surface area (Å²) in [7, 11) is 0. The monoisotopic (exact) mass is 1260 g/mol. The molecule has 0 aliphatic rings. The number of benzene rings is 6. The Hall–Kier alpha value is -6.92. The molecule has 6 aromatic carbocycles. The number of hydrogen-bond donors (Lipinski definition) is 0. The van der Waals surface area contributed by atoms with E-state index >= 15 is 0 Å². The van der Waals surface area contributed by atoms with Crippen molar-refractivity contribution in [3.8, 4) is 40.6 Å². The van der Waals surface area contributed by atoms with Gasteiger partial charge in [-0.05, 0) is 75.2 Å². The van der Waals surface area contributed by atoms with E-state index in [-0.39, 0.29) is 53.0 Å². The van der Waals surface area contributed by atoms with Gasteiger partial charge in [0.05, 0.1) is 0 Å². The Balaban J connectivity index is 0.00000277. The van der Waals surface area contributed by atoms with Crippen LogP contribution in [0.1, 0.15) is 52.7 Å². The molecule has 0 aliphatic heterocycles. The number of hydrogen-bond acceptors (Lipinski definition) is 6. The first-order valence-electron chi connectivity index (χ1n) is 22.4. The van der Waals surface area contributed by atoms with Gasteiger partial charge in [0.1, 0.15) is 11.6 Å². The number of pyridine rings is 2. The van der Waals surface area contributed by atoms with Crippen molar-refractivity contribution >= 4 is 65.4 Å². The van der Waals surface area contributed by atoms with E-state index in [4.69, 9.17) is 19.4 Å². The average Bonchev–Trinajstić information content (AvgIpc) is 3.95. The van der Waals surface area contributed by atoms with E-state index in [0.29, 0.717) is 28.9 Å². The zero-order chi connectivity index (χ0) is 45.6. The third-order valence-corrected chi connectivity index (χ3v) is 12.5. The van der Waals surface area contributed by atoms with Crippen LogP contribution < -0.4 is 9.47 Å². The molecule has 6 heterocycles. The predicted molar refractivity (Wildman–Crippen MR) is 266 cm³/mol. The Morgan fingerprint density at radius 2 is 0.725 bits per heavy atom. The van der Waals surface area contributed by atoms with Crippen molar-refractivity contribution in [2.24, 2.45) is 0 Å². The molecule has 0 atom stereocenters. The SMILES string of the molecule is CC(C)(C)c1ccc2c3ccc(Oc4[c-]c5c(cc4)c4ccc(Oc6[c-]c7c(cc6)c6ccc(C(C)(C)C)cc6n7-c6ccccn6)[c-]c4n5-c4ncccn4)[c-]c3n(-c3ccccn3)c2c1.[Pt+2].[Pt+2]. The van der Waals surface area contributed by atoms with Crippen LogP contribution in [0.15, 0.2) is 152 Å². The minimum atomic E-state index is -0.0272. The van der Waals surface area contributed by atoms with Crippen LogP contribution in [0.2, 0.25) is 0 Å². The number of aromatic nitrogens is 7. The van der Waals surface area contributed by atoms with Gasteiger partial charge in [-0.25, -0.2) is 19.9 Å². The van der Waals surface area contributed by atoms with Gasteiger partial charge in [-0.15, -0.1) is 59.3 Å². The zero-order valence-electron chi connectivity index (χ0n) is 38.5. The fraction of sp³-hybridized carbons (Fsp3) is 0.138. The minimum absolute atomic E-state index is 0. The molecule has 12 aromatic rings. The molecule has 0 saturated heterocycles. The summed E-state index contributed by atoms with van der Waals surface area (Å²) in [5.41, 5.74) is 7.76. The van der Waals surface area contributed by atoms with Gasteiger partial charge in [-0.2, -0.15) is 35.0 Å². The third kappa shape index (κ3) is 8.02. The van der Waals surface area contributed by atoms with Crippen molar-refractivity contribution in [3.63, 3.8) is 0 Å². The van der Waals surface area contributed by atoms with Gasteiger partial charge >= 0.3 is 42.1 Å². The van der Waals surface area contributed by atoms with Crippen LogP contribution in [-0.2, 0) is 53.0 Å². The van der Waals surface area contributed by atoms with Crippen LogP contribution in [-0.4, -0.2) is 33.6 Å². The van der Waals surface area contributed by atoms with Crippen LogP contribution in [0.4, 0.5) is 0 Å². The summed E-state index contributed by atoms with van der Waals surface area (Å²) in [5, 5.41) is 6.24. The largest absolute Gasteiger partial charge is 2.00 e. The van der Waals surface area contributed by atoms with Gasteiger partial charge in [-0.1, -0.05) is 100 Å². The quantitative estimate of drug-likeness (QED) is 0.148. The van der Waals surface area contributed by atoms with Crippen molar-refractivity contribution in [2.75, 3.05) is 0 Å². The minimum Gasteiger partial charge on any atom is -0.509 e. The summed E-state index contributed by atoms with van der Waals surface area (Å²) in [6, 6.07) is 57.4. The molecule has 0 spiro atoms. The molecule has 69 heavy (non-hydrogen) atoms. The molecule has 12 rings (SSSR count). The van der Waals surface area contributed by atoms with E-state index in [0.717, 1.165) is 77.1 Å². The molecule has 0 saturated carbocycles. The number of nitrogens with zero attached hydrogens (tertiary/aromatic N) is 7. The van der Waals surface area contributed by atoms with E-state index in [9.17, 15) is 0 Å². The van der Waals surface area contributed by atoms with E-state index < -0.39 is 0 Å². The van der Waals surface area contributed by atoms with Crippen molar-refractivity contribution < 1.29 is 51.6 Å². The van der Waals surface area contributed by atoms with E-state index in [1.165, 1.54) is 11.1 Å². The summed E-state index contributed by atoms with van der Waals surface area (Å²) < 4.78 is 19.5. The standard InChI is InChI=1S/C58H43N7O2.2Pt/c1-57(2,3)36-14-20-42-44-22-16-38(32-50(44)63(48(42)30-36)54-12-7-9-26-59-54)66-40-18-24-46-47-25-19-41(35-53(47)65(52(46)34-40)56-61-28-11-29-62-56)67-39-17-23-45-43-21-15-37(58(4,5)6)31-49(43)64(51(45)33-39)55-13-8-10-27-60-55;;/h7-31H,1-6H3;;/q-4;2*+2. The van der Waals surface area contributed by atoms with Gasteiger partial charge in [0.25, 0.3) is 0 Å². The number of fused-ring (bicyclic) bond motifs is 9. The summed E-state index contributed by atoms with van der Waals surface area (Å²) in [5.74, 6) is 4.20. The molecule has 0 aliphatic carbocycles. The zero-order valence-corrected chi connectivity index (χ0v) is 43.1. The molecule has 0 bridgehead atoms. The fourth-order valence-electron chi connectivity index (χ4n) is 9.13. The molecule has 9 nitrogen and oxygen atoms in total. The van der Waals surface area contributed by atoms with Crippen molar-refractivity contribution in [1.29, 1.82) is 0 Å². The summed E-state index contributed by atoms with van der Waals surface area (Å²) in [6.07, 6.45) is 7.09. The van der Waals surface area contributed by atoms with Crippen LogP contribution in [0, 0.1) is 24.3 Å². The summed E-state index contributed by atoms with van der Waals surface area (Å²) in [4.78, 5) is 18.9. The van der Waals surface area contributed by atoms with Crippen molar-refractivity contribution in [3.05, 3.63) is 188 Å². The third-order valence-electron chi connectivity index (χ3n) is 12.5. The second kappa shape index (κ2) is 17.5. The average molecular weight is 1260 g/mol. The fourth-order valence-corrected chi connectivity index (χ4v) is 9.13. The molecule has 6 aromatic heterocycles. The molecular formula is C58H43N7O2Pt2. The topological polar surface area (TPSA) is 84.8 Å². The molecule has 0 unspecified atom stereocenters. The van der Waals surface area contributed by atoms with Gasteiger partial charge < -0.3 is 23.2 Å². The van der Waals surface area contributed by atoms with Crippen molar-refractivity contribution in [1.82, 2.24) is 33.6 Å². The maximum absolute atomic E-state index is 6.63. The summed E-state index contributed by atoms with van der Waals surface area (Å²) in [6.45, 7) is 13.4. The molecule has 342 valence electrons. The molecule has 0 radical (unpaired) electrons. The smallest absolute Gasteiger partial charge is 0.509 e. The Morgan fingerprint density at radius 1 is 0.377 bits per heavy atom. The second-order valence-corrected chi connectivity index (χ2v) is 18.9. The van der Waals surface area contributed by atoms with Crippen LogP contribution in [0.25, 0.3) is 83.0 Å². The Kier molecular flexibility index (Phi) is 11.7. The number of ether oxygens (including phenoxy) is 2. The Labute approximate surface area is 428 Å². The van der Waals surface area contributed by atoms with Crippen LogP contribution >= 0.6 is 0 Å². The maximum atomic E-state index is 6.63. The van der Waals surface area contributed by atoms with E-state index in [1.54, 1.807) is 18.5 Å². The molecular weight excluding hydrogens is 1220 g/mol. The van der Waals surface area contributed by atoms with Crippen LogP contribution in [0.3, 0.4) is 0 Å². The van der Waals surface area contributed by atoms with Gasteiger partial charge in [0.15, 0.2) is 0 Å². The molecule has 0 fully saturated rings. The van der Waals surface area contributed by atoms with E-state index in [1.807, 2.05) is 89.8 Å². The molecule has 0 amide bonds. The first-order valence-corrected chi connectivity index (χ1v) is 22.4.